The Balaban J connectivity index is 1.89. The van der Waals surface area contributed by atoms with Crippen molar-refractivity contribution in [3.63, 3.8) is 0 Å². The smallest absolute Gasteiger partial charge is 0.251 e. The van der Waals surface area contributed by atoms with Crippen LogP contribution in [0.4, 0.5) is 0 Å². The third kappa shape index (κ3) is 3.74. The number of carbonyl (C=O) groups excluding carboxylic acids is 1. The fourth-order valence-corrected chi connectivity index (χ4v) is 1.84. The van der Waals surface area contributed by atoms with Crippen molar-refractivity contribution in [1.82, 2.24) is 5.32 Å². The van der Waals surface area contributed by atoms with Crippen LogP contribution in [0.2, 0.25) is 0 Å². The minimum absolute atomic E-state index is 0.166. The van der Waals surface area contributed by atoms with Gasteiger partial charge in [0, 0.05) is 12.1 Å². The first-order chi connectivity index (χ1) is 10.1. The number of carbonyl (C=O) groups is 1. The van der Waals surface area contributed by atoms with Crippen LogP contribution >= 0.6 is 0 Å². The summed E-state index contributed by atoms with van der Waals surface area (Å²) in [5.74, 6) is -0.561. The van der Waals surface area contributed by atoms with E-state index in [4.69, 9.17) is 5.26 Å². The zero-order valence-corrected chi connectivity index (χ0v) is 11.2. The Morgan fingerprint density at radius 1 is 1.10 bits per heavy atom. The van der Waals surface area contributed by atoms with E-state index >= 15 is 0 Å². The van der Waals surface area contributed by atoms with Crippen molar-refractivity contribution in [3.05, 3.63) is 59.2 Å². The molecule has 0 atom stereocenters. The Morgan fingerprint density at radius 2 is 1.81 bits per heavy atom. The number of phenols is 2. The predicted octanol–water partition coefficient (Wildman–Crippen LogP) is 1.94. The lowest BCUT2D eigenvalue weighted by Crippen LogP contribution is -2.25. The maximum atomic E-state index is 11.9. The summed E-state index contributed by atoms with van der Waals surface area (Å²) in [6, 6.07) is 12.9. The molecule has 3 N–H and O–H groups in total. The van der Waals surface area contributed by atoms with E-state index < -0.39 is 0 Å². The molecule has 5 nitrogen and oxygen atoms in total. The number of benzene rings is 2. The van der Waals surface area contributed by atoms with Crippen LogP contribution in [0.3, 0.4) is 0 Å². The number of hydrogen-bond acceptors (Lipinski definition) is 4. The Kier molecular flexibility index (Phi) is 4.42. The zero-order valence-electron chi connectivity index (χ0n) is 11.2. The molecule has 2 rings (SSSR count). The molecule has 2 aromatic rings. The number of phenolic OH excluding ortho intramolecular Hbond substituents is 2. The van der Waals surface area contributed by atoms with Gasteiger partial charge in [-0.3, -0.25) is 4.79 Å². The summed E-state index contributed by atoms with van der Waals surface area (Å²) >= 11 is 0. The third-order valence-corrected chi connectivity index (χ3v) is 3.02. The number of hydrogen-bond donors (Lipinski definition) is 3. The molecule has 0 fully saturated rings. The van der Waals surface area contributed by atoms with Crippen LogP contribution in [0.1, 0.15) is 21.5 Å². The summed E-state index contributed by atoms with van der Waals surface area (Å²) in [4.78, 5) is 11.9. The normalized spacial score (nSPS) is 9.86. The van der Waals surface area contributed by atoms with Gasteiger partial charge in [0.1, 0.15) is 0 Å². The summed E-state index contributed by atoms with van der Waals surface area (Å²) in [7, 11) is 0. The van der Waals surface area contributed by atoms with Crippen LogP contribution in [-0.4, -0.2) is 22.7 Å². The second kappa shape index (κ2) is 6.44. The van der Waals surface area contributed by atoms with Gasteiger partial charge in [-0.15, -0.1) is 0 Å². The Bertz CT molecular complexity index is 688. The molecular formula is C16H14N2O3. The summed E-state index contributed by atoms with van der Waals surface area (Å²) in [6.07, 6.45) is 0.538. The van der Waals surface area contributed by atoms with E-state index in [0.29, 0.717) is 24.1 Å². The fraction of sp³-hybridized carbons (Fsp3) is 0.125. The third-order valence-electron chi connectivity index (χ3n) is 3.02. The topological polar surface area (TPSA) is 93.4 Å². The maximum Gasteiger partial charge on any atom is 0.251 e. The molecule has 0 radical (unpaired) electrons. The van der Waals surface area contributed by atoms with Crippen LogP contribution < -0.4 is 5.32 Å². The molecule has 0 aromatic heterocycles. The van der Waals surface area contributed by atoms with Crippen molar-refractivity contribution in [2.45, 2.75) is 6.42 Å². The molecule has 2 aromatic carbocycles. The van der Waals surface area contributed by atoms with Crippen LogP contribution in [0.25, 0.3) is 0 Å². The fourth-order valence-electron chi connectivity index (χ4n) is 1.84. The number of amides is 1. The summed E-state index contributed by atoms with van der Waals surface area (Å²) in [5, 5.41) is 30.0. The van der Waals surface area contributed by atoms with E-state index in [1.165, 1.54) is 12.1 Å². The molecular weight excluding hydrogens is 268 g/mol. The molecule has 5 heteroatoms. The van der Waals surface area contributed by atoms with Crippen molar-refractivity contribution in [2.24, 2.45) is 0 Å². The van der Waals surface area contributed by atoms with E-state index in [1.54, 1.807) is 30.3 Å². The Morgan fingerprint density at radius 3 is 2.43 bits per heavy atom. The first-order valence-electron chi connectivity index (χ1n) is 6.39. The quantitative estimate of drug-likeness (QED) is 0.747. The van der Waals surface area contributed by atoms with E-state index in [9.17, 15) is 15.0 Å². The first-order valence-corrected chi connectivity index (χ1v) is 6.39. The van der Waals surface area contributed by atoms with E-state index in [-0.39, 0.29) is 17.4 Å². The van der Waals surface area contributed by atoms with Crippen molar-refractivity contribution in [1.29, 1.82) is 5.26 Å². The molecule has 0 aliphatic heterocycles. The van der Waals surface area contributed by atoms with Gasteiger partial charge in [0.25, 0.3) is 5.91 Å². The monoisotopic (exact) mass is 282 g/mol. The van der Waals surface area contributed by atoms with Gasteiger partial charge in [-0.1, -0.05) is 6.07 Å². The SMILES string of the molecule is N#Cc1ccc(C(=O)NCCc2ccc(O)c(O)c2)cc1. The summed E-state index contributed by atoms with van der Waals surface area (Å²) < 4.78 is 0. The number of rotatable bonds is 4. The van der Waals surface area contributed by atoms with Gasteiger partial charge in [0.15, 0.2) is 11.5 Å². The zero-order chi connectivity index (χ0) is 15.2. The highest BCUT2D eigenvalue weighted by atomic mass is 16.3. The molecule has 106 valence electrons. The molecule has 21 heavy (non-hydrogen) atoms. The average molecular weight is 282 g/mol. The van der Waals surface area contributed by atoms with Gasteiger partial charge >= 0.3 is 0 Å². The van der Waals surface area contributed by atoms with E-state index in [2.05, 4.69) is 5.32 Å². The number of nitriles is 1. The maximum absolute atomic E-state index is 11.9. The lowest BCUT2D eigenvalue weighted by Gasteiger charge is -2.06. The number of nitrogens with one attached hydrogen (secondary N) is 1. The highest BCUT2D eigenvalue weighted by Gasteiger charge is 2.05. The second-order valence-corrected chi connectivity index (χ2v) is 4.52. The average Bonchev–Trinajstić information content (AvgIpc) is 2.51. The molecule has 0 saturated carbocycles. The van der Waals surface area contributed by atoms with Crippen molar-refractivity contribution in [3.8, 4) is 17.6 Å². The van der Waals surface area contributed by atoms with Crippen LogP contribution in [0.5, 0.6) is 11.5 Å². The Labute approximate surface area is 122 Å². The highest BCUT2D eigenvalue weighted by molar-refractivity contribution is 5.94. The largest absolute Gasteiger partial charge is 0.504 e. The first kappa shape index (κ1) is 14.4. The van der Waals surface area contributed by atoms with Gasteiger partial charge in [0.2, 0.25) is 0 Å². The number of nitrogens with zero attached hydrogens (tertiary/aromatic N) is 1. The molecule has 0 unspecified atom stereocenters. The van der Waals surface area contributed by atoms with Crippen molar-refractivity contribution < 1.29 is 15.0 Å². The molecule has 0 spiro atoms. The van der Waals surface area contributed by atoms with Crippen molar-refractivity contribution >= 4 is 5.91 Å². The van der Waals surface area contributed by atoms with E-state index in [1.807, 2.05) is 6.07 Å². The van der Waals surface area contributed by atoms with Gasteiger partial charge in [-0.25, -0.2) is 0 Å². The molecule has 1 amide bonds. The van der Waals surface area contributed by atoms with Crippen LogP contribution in [0, 0.1) is 11.3 Å². The number of aromatic hydroxyl groups is 2. The Hall–Kier alpha value is -3.00. The summed E-state index contributed by atoms with van der Waals surface area (Å²) in [6.45, 7) is 0.406. The summed E-state index contributed by atoms with van der Waals surface area (Å²) in [5.41, 5.74) is 1.80. The second-order valence-electron chi connectivity index (χ2n) is 4.52. The molecule has 0 saturated heterocycles. The van der Waals surface area contributed by atoms with E-state index in [0.717, 1.165) is 5.56 Å². The van der Waals surface area contributed by atoms with Gasteiger partial charge < -0.3 is 15.5 Å². The minimum Gasteiger partial charge on any atom is -0.504 e. The molecule has 0 heterocycles. The molecule has 0 aliphatic carbocycles. The standard InChI is InChI=1S/C16H14N2O3/c17-10-12-1-4-13(5-2-12)16(21)18-8-7-11-3-6-14(19)15(20)9-11/h1-6,9,19-20H,7-8H2,(H,18,21). The predicted molar refractivity (Wildman–Crippen MR) is 77.0 cm³/mol. The van der Waals surface area contributed by atoms with Crippen LogP contribution in [0.15, 0.2) is 42.5 Å². The van der Waals surface area contributed by atoms with Gasteiger partial charge in [0.05, 0.1) is 11.6 Å². The van der Waals surface area contributed by atoms with Gasteiger partial charge in [-0.2, -0.15) is 5.26 Å². The van der Waals surface area contributed by atoms with Crippen LogP contribution in [-0.2, 0) is 6.42 Å². The van der Waals surface area contributed by atoms with Crippen molar-refractivity contribution in [2.75, 3.05) is 6.54 Å². The molecule has 0 bridgehead atoms. The minimum atomic E-state index is -0.220. The highest BCUT2D eigenvalue weighted by Crippen LogP contribution is 2.24. The molecule has 0 aliphatic rings. The lowest BCUT2D eigenvalue weighted by molar-refractivity contribution is 0.0954. The lowest BCUT2D eigenvalue weighted by atomic mass is 10.1. The van der Waals surface area contributed by atoms with Gasteiger partial charge in [-0.05, 0) is 48.4 Å².